The van der Waals surface area contributed by atoms with Gasteiger partial charge in [0.15, 0.2) is 0 Å². The maximum atomic E-state index is 5.69. The summed E-state index contributed by atoms with van der Waals surface area (Å²) in [5.74, 6) is 1.45. The minimum Gasteiger partial charge on any atom is -0.492 e. The number of anilines is 1. The van der Waals surface area contributed by atoms with Gasteiger partial charge in [0, 0.05) is 22.6 Å². The van der Waals surface area contributed by atoms with Crippen molar-refractivity contribution in [1.29, 1.82) is 0 Å². The minimum atomic E-state index is 0.0456. The molecule has 2 aromatic rings. The van der Waals surface area contributed by atoms with Crippen LogP contribution in [0.5, 0.6) is 5.75 Å². The van der Waals surface area contributed by atoms with Crippen molar-refractivity contribution in [2.45, 2.75) is 19.3 Å². The van der Waals surface area contributed by atoms with Crippen molar-refractivity contribution in [3.8, 4) is 17.0 Å². The quantitative estimate of drug-likeness (QED) is 0.832. The van der Waals surface area contributed by atoms with Crippen LogP contribution in [-0.2, 0) is 5.41 Å². The van der Waals surface area contributed by atoms with Crippen LogP contribution in [0.25, 0.3) is 11.3 Å². The number of aromatic nitrogens is 2. The van der Waals surface area contributed by atoms with E-state index in [4.69, 9.17) is 10.5 Å². The number of benzene rings is 1. The first-order valence-corrected chi connectivity index (χ1v) is 5.91. The van der Waals surface area contributed by atoms with Gasteiger partial charge in [-0.15, -0.1) is 0 Å². The van der Waals surface area contributed by atoms with E-state index in [0.29, 0.717) is 5.82 Å². The van der Waals surface area contributed by atoms with E-state index in [2.05, 4.69) is 29.9 Å². The molecular weight excluding hydrogens is 226 g/mol. The molecule has 0 atom stereocenters. The fraction of sp³-hybridized carbons (Fsp3) is 0.286. The largest absolute Gasteiger partial charge is 0.492 e. The summed E-state index contributed by atoms with van der Waals surface area (Å²) in [5.41, 5.74) is 8.84. The number of fused-ring (bicyclic) bond motifs is 1. The van der Waals surface area contributed by atoms with E-state index in [9.17, 15) is 0 Å². The third-order valence-electron chi connectivity index (χ3n) is 3.28. The molecule has 0 unspecified atom stereocenters. The third-order valence-corrected chi connectivity index (χ3v) is 3.28. The van der Waals surface area contributed by atoms with E-state index in [0.717, 1.165) is 23.6 Å². The Morgan fingerprint density at radius 2 is 2.06 bits per heavy atom. The SMILES string of the molecule is CC1(C)COc2ccc(-c3cc(N)ncn3)cc21. The van der Waals surface area contributed by atoms with Gasteiger partial charge in [-0.25, -0.2) is 9.97 Å². The van der Waals surface area contributed by atoms with Gasteiger partial charge in [0.1, 0.15) is 17.9 Å². The molecule has 4 heteroatoms. The van der Waals surface area contributed by atoms with Gasteiger partial charge in [0.2, 0.25) is 0 Å². The smallest absolute Gasteiger partial charge is 0.127 e. The zero-order valence-corrected chi connectivity index (χ0v) is 10.5. The van der Waals surface area contributed by atoms with Gasteiger partial charge in [-0.1, -0.05) is 13.8 Å². The average Bonchev–Trinajstić information content (AvgIpc) is 2.65. The van der Waals surface area contributed by atoms with Gasteiger partial charge in [0.25, 0.3) is 0 Å². The molecule has 92 valence electrons. The summed E-state index contributed by atoms with van der Waals surface area (Å²) in [4.78, 5) is 8.16. The number of nitrogens with two attached hydrogens (primary N) is 1. The number of hydrogen-bond donors (Lipinski definition) is 1. The molecule has 4 nitrogen and oxygen atoms in total. The zero-order valence-electron chi connectivity index (χ0n) is 10.5. The highest BCUT2D eigenvalue weighted by molar-refractivity contribution is 5.65. The molecule has 1 aliphatic rings. The number of hydrogen-bond acceptors (Lipinski definition) is 4. The molecule has 2 N–H and O–H groups in total. The highest BCUT2D eigenvalue weighted by atomic mass is 16.5. The second-order valence-electron chi connectivity index (χ2n) is 5.21. The topological polar surface area (TPSA) is 61.0 Å². The Labute approximate surface area is 106 Å². The van der Waals surface area contributed by atoms with E-state index in [1.54, 1.807) is 6.07 Å². The van der Waals surface area contributed by atoms with Gasteiger partial charge in [-0.2, -0.15) is 0 Å². The summed E-state index contributed by atoms with van der Waals surface area (Å²) in [5, 5.41) is 0. The molecule has 1 aliphatic heterocycles. The van der Waals surface area contributed by atoms with E-state index in [1.165, 1.54) is 11.9 Å². The van der Waals surface area contributed by atoms with Crippen molar-refractivity contribution in [2.24, 2.45) is 0 Å². The summed E-state index contributed by atoms with van der Waals surface area (Å²) in [6.45, 7) is 5.08. The molecule has 0 aliphatic carbocycles. The molecular formula is C14H15N3O. The molecule has 3 rings (SSSR count). The van der Waals surface area contributed by atoms with Crippen molar-refractivity contribution in [3.05, 3.63) is 36.2 Å². The molecule has 0 spiro atoms. The summed E-state index contributed by atoms with van der Waals surface area (Å²) in [7, 11) is 0. The molecule has 1 aromatic carbocycles. The standard InChI is InChI=1S/C14H15N3O/c1-14(2)7-18-12-4-3-9(5-10(12)14)11-6-13(15)17-8-16-11/h3-6,8H,7H2,1-2H3,(H2,15,16,17). The van der Waals surface area contributed by atoms with Crippen LogP contribution in [0.15, 0.2) is 30.6 Å². The van der Waals surface area contributed by atoms with Crippen molar-refractivity contribution in [2.75, 3.05) is 12.3 Å². The third kappa shape index (κ3) is 1.70. The van der Waals surface area contributed by atoms with Gasteiger partial charge in [0.05, 0.1) is 12.3 Å². The van der Waals surface area contributed by atoms with Crippen molar-refractivity contribution < 1.29 is 4.74 Å². The summed E-state index contributed by atoms with van der Waals surface area (Å²) in [6, 6.07) is 7.91. The predicted molar refractivity (Wildman–Crippen MR) is 70.4 cm³/mol. The van der Waals surface area contributed by atoms with E-state index in [1.807, 2.05) is 12.1 Å². The Bertz CT molecular complexity index is 608. The second-order valence-corrected chi connectivity index (χ2v) is 5.21. The summed E-state index contributed by atoms with van der Waals surface area (Å²) < 4.78 is 5.67. The van der Waals surface area contributed by atoms with Crippen LogP contribution in [0.3, 0.4) is 0 Å². The predicted octanol–water partition coefficient (Wildman–Crippen LogP) is 2.40. The van der Waals surface area contributed by atoms with Crippen LogP contribution < -0.4 is 10.5 Å². The summed E-state index contributed by atoms with van der Waals surface area (Å²) in [6.07, 6.45) is 1.49. The summed E-state index contributed by atoms with van der Waals surface area (Å²) >= 11 is 0. The van der Waals surface area contributed by atoms with Gasteiger partial charge in [-0.05, 0) is 18.2 Å². The van der Waals surface area contributed by atoms with Gasteiger partial charge < -0.3 is 10.5 Å². The highest BCUT2D eigenvalue weighted by Gasteiger charge is 2.31. The van der Waals surface area contributed by atoms with Crippen LogP contribution >= 0.6 is 0 Å². The Balaban J connectivity index is 2.11. The maximum absolute atomic E-state index is 5.69. The molecule has 18 heavy (non-hydrogen) atoms. The van der Waals surface area contributed by atoms with Gasteiger partial charge >= 0.3 is 0 Å². The van der Waals surface area contributed by atoms with Crippen LogP contribution in [0.1, 0.15) is 19.4 Å². The number of ether oxygens (including phenoxy) is 1. The molecule has 0 saturated carbocycles. The Morgan fingerprint density at radius 1 is 1.22 bits per heavy atom. The first-order valence-electron chi connectivity index (χ1n) is 5.91. The Morgan fingerprint density at radius 3 is 2.83 bits per heavy atom. The number of nitrogen functional groups attached to an aromatic ring is 1. The lowest BCUT2D eigenvalue weighted by molar-refractivity contribution is 0.291. The second kappa shape index (κ2) is 3.70. The van der Waals surface area contributed by atoms with Gasteiger partial charge in [-0.3, -0.25) is 0 Å². The molecule has 0 amide bonds. The van der Waals surface area contributed by atoms with Crippen LogP contribution in [0.4, 0.5) is 5.82 Å². The van der Waals surface area contributed by atoms with Crippen LogP contribution in [0.2, 0.25) is 0 Å². The lowest BCUT2D eigenvalue weighted by atomic mass is 9.86. The van der Waals surface area contributed by atoms with Crippen LogP contribution in [0, 0.1) is 0 Å². The van der Waals surface area contributed by atoms with E-state index in [-0.39, 0.29) is 5.41 Å². The molecule has 0 saturated heterocycles. The lowest BCUT2D eigenvalue weighted by Gasteiger charge is -2.15. The average molecular weight is 241 g/mol. The maximum Gasteiger partial charge on any atom is 0.127 e. The van der Waals surface area contributed by atoms with E-state index >= 15 is 0 Å². The monoisotopic (exact) mass is 241 g/mol. The number of nitrogens with zero attached hydrogens (tertiary/aromatic N) is 2. The normalized spacial score (nSPS) is 16.1. The first-order chi connectivity index (χ1) is 8.56. The molecule has 0 bridgehead atoms. The zero-order chi connectivity index (χ0) is 12.8. The van der Waals surface area contributed by atoms with Crippen molar-refractivity contribution in [3.63, 3.8) is 0 Å². The Kier molecular flexibility index (Phi) is 2.26. The minimum absolute atomic E-state index is 0.0456. The van der Waals surface area contributed by atoms with Crippen molar-refractivity contribution >= 4 is 5.82 Å². The molecule has 1 aromatic heterocycles. The van der Waals surface area contributed by atoms with Crippen LogP contribution in [-0.4, -0.2) is 16.6 Å². The lowest BCUT2D eigenvalue weighted by Crippen LogP contribution is -2.18. The van der Waals surface area contributed by atoms with Crippen molar-refractivity contribution in [1.82, 2.24) is 9.97 Å². The highest BCUT2D eigenvalue weighted by Crippen LogP contribution is 2.40. The molecule has 0 fully saturated rings. The van der Waals surface area contributed by atoms with E-state index < -0.39 is 0 Å². The molecule has 0 radical (unpaired) electrons. The fourth-order valence-electron chi connectivity index (χ4n) is 2.21. The molecule has 2 heterocycles. The first kappa shape index (κ1) is 11.0. The number of rotatable bonds is 1. The Hall–Kier alpha value is -2.10. The fourth-order valence-corrected chi connectivity index (χ4v) is 2.21.